The Labute approximate surface area is 81.7 Å². The van der Waals surface area contributed by atoms with Crippen molar-refractivity contribution in [1.29, 1.82) is 0 Å². The number of anilines is 1. The van der Waals surface area contributed by atoms with Gasteiger partial charge in [0.05, 0.1) is 0 Å². The van der Waals surface area contributed by atoms with Crippen LogP contribution in [0.15, 0.2) is 17.2 Å². The van der Waals surface area contributed by atoms with E-state index in [9.17, 15) is 4.79 Å². The van der Waals surface area contributed by atoms with Gasteiger partial charge in [-0.2, -0.15) is 0 Å². The molecule has 14 heavy (non-hydrogen) atoms. The number of nitrogens with zero attached hydrogens (tertiary/aromatic N) is 1. The first-order chi connectivity index (χ1) is 6.77. The van der Waals surface area contributed by atoms with Gasteiger partial charge in [0, 0.05) is 25.0 Å². The van der Waals surface area contributed by atoms with Gasteiger partial charge in [0.2, 0.25) is 0 Å². The molecule has 1 atom stereocenters. The molecule has 5 nitrogen and oxygen atoms in total. The monoisotopic (exact) mass is 194 g/mol. The Bertz CT molecular complexity index is 358. The summed E-state index contributed by atoms with van der Waals surface area (Å²) in [6, 6.07) is 0.136. The van der Waals surface area contributed by atoms with Crippen molar-refractivity contribution >= 4 is 5.82 Å². The maximum atomic E-state index is 11.2. The SMILES string of the molecule is NC(CNc1ncc[nH]c1=O)C1CC1. The second kappa shape index (κ2) is 3.79. The van der Waals surface area contributed by atoms with Crippen molar-refractivity contribution in [3.8, 4) is 0 Å². The molecule has 1 saturated carbocycles. The number of rotatable bonds is 4. The molecule has 1 heterocycles. The zero-order valence-corrected chi connectivity index (χ0v) is 7.86. The molecule has 1 aromatic heterocycles. The van der Waals surface area contributed by atoms with Crippen LogP contribution in [0.25, 0.3) is 0 Å². The Hall–Kier alpha value is -1.36. The van der Waals surface area contributed by atoms with E-state index in [2.05, 4.69) is 15.3 Å². The van der Waals surface area contributed by atoms with E-state index in [0.717, 1.165) is 0 Å². The Kier molecular flexibility index (Phi) is 2.49. The van der Waals surface area contributed by atoms with Gasteiger partial charge >= 0.3 is 0 Å². The third-order valence-corrected chi connectivity index (χ3v) is 2.44. The highest BCUT2D eigenvalue weighted by atomic mass is 16.1. The Balaban J connectivity index is 1.91. The smallest absolute Gasteiger partial charge is 0.290 e. The van der Waals surface area contributed by atoms with Crippen molar-refractivity contribution in [3.63, 3.8) is 0 Å². The lowest BCUT2D eigenvalue weighted by molar-refractivity contribution is 0.619. The maximum absolute atomic E-state index is 11.2. The zero-order valence-electron chi connectivity index (χ0n) is 7.86. The fourth-order valence-electron chi connectivity index (χ4n) is 1.38. The van der Waals surface area contributed by atoms with E-state index in [0.29, 0.717) is 18.3 Å². The molecule has 0 radical (unpaired) electrons. The molecule has 1 aliphatic rings. The first-order valence-electron chi connectivity index (χ1n) is 4.80. The summed E-state index contributed by atoms with van der Waals surface area (Å²) in [6.45, 7) is 0.616. The number of H-pyrrole nitrogens is 1. The van der Waals surface area contributed by atoms with Gasteiger partial charge in [0.15, 0.2) is 5.82 Å². The van der Waals surface area contributed by atoms with E-state index in [4.69, 9.17) is 5.73 Å². The lowest BCUT2D eigenvalue weighted by atomic mass is 10.2. The van der Waals surface area contributed by atoms with Crippen molar-refractivity contribution in [2.24, 2.45) is 11.7 Å². The van der Waals surface area contributed by atoms with Crippen LogP contribution in [0.3, 0.4) is 0 Å². The first kappa shape index (κ1) is 9.21. The van der Waals surface area contributed by atoms with Crippen LogP contribution in [0.5, 0.6) is 0 Å². The lowest BCUT2D eigenvalue weighted by Gasteiger charge is -2.10. The number of hydrogen-bond donors (Lipinski definition) is 3. The van der Waals surface area contributed by atoms with E-state index in [1.165, 1.54) is 19.0 Å². The topological polar surface area (TPSA) is 83.8 Å². The van der Waals surface area contributed by atoms with Crippen LogP contribution in [0.2, 0.25) is 0 Å². The molecule has 1 unspecified atom stereocenters. The molecule has 4 N–H and O–H groups in total. The molecule has 2 rings (SSSR count). The molecule has 0 aromatic carbocycles. The van der Waals surface area contributed by atoms with Crippen LogP contribution < -0.4 is 16.6 Å². The molecule has 0 saturated heterocycles. The summed E-state index contributed by atoms with van der Waals surface area (Å²) in [5, 5.41) is 2.95. The second-order valence-corrected chi connectivity index (χ2v) is 3.65. The maximum Gasteiger partial charge on any atom is 0.290 e. The standard InChI is InChI=1S/C9H14N4O/c10-7(6-1-2-6)5-13-8-9(14)12-4-3-11-8/h3-4,6-7H,1-2,5,10H2,(H,11,13)(H,12,14). The number of aromatic nitrogens is 2. The van der Waals surface area contributed by atoms with E-state index in [-0.39, 0.29) is 11.6 Å². The first-order valence-corrected chi connectivity index (χ1v) is 4.80. The van der Waals surface area contributed by atoms with Crippen LogP contribution in [-0.4, -0.2) is 22.6 Å². The van der Waals surface area contributed by atoms with Crippen LogP contribution in [0.4, 0.5) is 5.82 Å². The lowest BCUT2D eigenvalue weighted by Crippen LogP contribution is -2.32. The average molecular weight is 194 g/mol. The van der Waals surface area contributed by atoms with Crippen molar-refractivity contribution in [3.05, 3.63) is 22.7 Å². The molecule has 0 spiro atoms. The largest absolute Gasteiger partial charge is 0.364 e. The summed E-state index contributed by atoms with van der Waals surface area (Å²) < 4.78 is 0. The Morgan fingerprint density at radius 3 is 3.14 bits per heavy atom. The molecule has 1 aliphatic carbocycles. The van der Waals surface area contributed by atoms with Gasteiger partial charge in [-0.25, -0.2) is 4.98 Å². The minimum absolute atomic E-state index is 0.136. The van der Waals surface area contributed by atoms with E-state index in [1.807, 2.05) is 0 Å². The zero-order chi connectivity index (χ0) is 9.97. The van der Waals surface area contributed by atoms with Crippen LogP contribution in [0, 0.1) is 5.92 Å². The third kappa shape index (κ3) is 2.11. The highest BCUT2D eigenvalue weighted by molar-refractivity contribution is 5.30. The summed E-state index contributed by atoms with van der Waals surface area (Å²) in [6.07, 6.45) is 5.48. The number of aromatic amines is 1. The molecule has 1 aromatic rings. The van der Waals surface area contributed by atoms with Gasteiger partial charge in [0.25, 0.3) is 5.56 Å². The molecule has 0 bridgehead atoms. The van der Waals surface area contributed by atoms with Gasteiger partial charge in [-0.3, -0.25) is 4.79 Å². The van der Waals surface area contributed by atoms with Crippen LogP contribution in [-0.2, 0) is 0 Å². The minimum Gasteiger partial charge on any atom is -0.364 e. The van der Waals surface area contributed by atoms with Gasteiger partial charge in [-0.1, -0.05) is 0 Å². The van der Waals surface area contributed by atoms with E-state index in [1.54, 1.807) is 6.20 Å². The summed E-state index contributed by atoms with van der Waals surface area (Å²) >= 11 is 0. The predicted molar refractivity (Wildman–Crippen MR) is 54.0 cm³/mol. The average Bonchev–Trinajstić information content (AvgIpc) is 2.99. The molecular weight excluding hydrogens is 180 g/mol. The Morgan fingerprint density at radius 1 is 1.71 bits per heavy atom. The van der Waals surface area contributed by atoms with Crippen molar-refractivity contribution < 1.29 is 0 Å². The highest BCUT2D eigenvalue weighted by Gasteiger charge is 2.28. The van der Waals surface area contributed by atoms with Crippen LogP contribution in [0.1, 0.15) is 12.8 Å². The van der Waals surface area contributed by atoms with Gasteiger partial charge in [-0.05, 0) is 18.8 Å². The normalized spacial score (nSPS) is 17.8. The van der Waals surface area contributed by atoms with Crippen molar-refractivity contribution in [2.45, 2.75) is 18.9 Å². The fraction of sp³-hybridized carbons (Fsp3) is 0.556. The fourth-order valence-corrected chi connectivity index (χ4v) is 1.38. The Morgan fingerprint density at radius 2 is 2.50 bits per heavy atom. The number of hydrogen-bond acceptors (Lipinski definition) is 4. The van der Waals surface area contributed by atoms with Gasteiger partial charge in [-0.15, -0.1) is 0 Å². The van der Waals surface area contributed by atoms with E-state index >= 15 is 0 Å². The molecule has 0 aliphatic heterocycles. The van der Waals surface area contributed by atoms with Crippen molar-refractivity contribution in [1.82, 2.24) is 9.97 Å². The molecule has 1 fully saturated rings. The van der Waals surface area contributed by atoms with E-state index < -0.39 is 0 Å². The summed E-state index contributed by atoms with van der Waals surface area (Å²) in [5.41, 5.74) is 5.68. The summed E-state index contributed by atoms with van der Waals surface area (Å²) in [5.74, 6) is 0.980. The number of nitrogens with two attached hydrogens (primary N) is 1. The molecule has 76 valence electrons. The molecule has 5 heteroatoms. The quantitative estimate of drug-likeness (QED) is 0.626. The van der Waals surface area contributed by atoms with Gasteiger partial charge < -0.3 is 16.0 Å². The molecular formula is C9H14N4O. The number of nitrogens with one attached hydrogen (secondary N) is 2. The highest BCUT2D eigenvalue weighted by Crippen LogP contribution is 2.31. The third-order valence-electron chi connectivity index (χ3n) is 2.44. The second-order valence-electron chi connectivity index (χ2n) is 3.65. The minimum atomic E-state index is -0.199. The summed E-state index contributed by atoms with van der Waals surface area (Å²) in [7, 11) is 0. The molecule has 0 amide bonds. The summed E-state index contributed by atoms with van der Waals surface area (Å²) in [4.78, 5) is 17.7. The van der Waals surface area contributed by atoms with Crippen LogP contribution >= 0.6 is 0 Å². The predicted octanol–water partition coefficient (Wildman–Crippen LogP) is -0.0809. The van der Waals surface area contributed by atoms with Gasteiger partial charge in [0.1, 0.15) is 0 Å². The van der Waals surface area contributed by atoms with Crippen molar-refractivity contribution in [2.75, 3.05) is 11.9 Å².